The lowest BCUT2D eigenvalue weighted by Gasteiger charge is -2.23. The second kappa shape index (κ2) is 6.08. The van der Waals surface area contributed by atoms with Crippen LogP contribution in [0, 0.1) is 0 Å². The molecule has 2 aromatic heterocycles. The second-order valence-electron chi connectivity index (χ2n) is 5.52. The Morgan fingerprint density at radius 1 is 1.41 bits per heavy atom. The highest BCUT2D eigenvalue weighted by atomic mass is 32.2. The third kappa shape index (κ3) is 2.99. The molecule has 0 aliphatic carbocycles. The van der Waals surface area contributed by atoms with Crippen molar-refractivity contribution in [3.63, 3.8) is 0 Å². The van der Waals surface area contributed by atoms with E-state index < -0.39 is 9.84 Å². The zero-order chi connectivity index (χ0) is 16.5. The van der Waals surface area contributed by atoms with Crippen LogP contribution in [0.15, 0.2) is 29.6 Å². The maximum Gasteiger partial charge on any atom is 0.274 e. The van der Waals surface area contributed by atoms with Gasteiger partial charge in [-0.25, -0.2) is 13.4 Å². The van der Waals surface area contributed by atoms with Gasteiger partial charge in [-0.2, -0.15) is 0 Å². The fourth-order valence-electron chi connectivity index (χ4n) is 2.41. The molecular formula is C15H21N3O3S. The number of imidazole rings is 1. The summed E-state index contributed by atoms with van der Waals surface area (Å²) in [7, 11) is -1.80. The molecule has 0 N–H and O–H groups in total. The molecule has 2 aromatic rings. The Balaban J connectivity index is 2.55. The van der Waals surface area contributed by atoms with Gasteiger partial charge in [0.1, 0.15) is 0 Å². The summed E-state index contributed by atoms with van der Waals surface area (Å²) in [4.78, 5) is 18.4. The molecule has 2 rings (SSSR count). The standard InChI is InChI=1S/C15H21N3O3S/c1-5-8-11(2)17(3)14(19)13-12-9-6-7-10-18(12)15(16-13)22(4,20)21/h6-7,9-11H,5,8H2,1-4H3/t11-/m0/s1. The smallest absolute Gasteiger partial charge is 0.274 e. The highest BCUT2D eigenvalue weighted by Gasteiger charge is 2.26. The van der Waals surface area contributed by atoms with E-state index >= 15 is 0 Å². The lowest BCUT2D eigenvalue weighted by molar-refractivity contribution is 0.0733. The first-order chi connectivity index (χ1) is 10.3. The molecule has 1 atom stereocenters. The SMILES string of the molecule is CCC[C@H](C)N(C)C(=O)c1nc(S(C)(=O)=O)n2ccccc12. The zero-order valence-electron chi connectivity index (χ0n) is 13.3. The third-order valence-electron chi connectivity index (χ3n) is 3.74. The zero-order valence-corrected chi connectivity index (χ0v) is 14.1. The van der Waals surface area contributed by atoms with Crippen LogP contribution < -0.4 is 0 Å². The van der Waals surface area contributed by atoms with Crippen LogP contribution in [-0.2, 0) is 9.84 Å². The Bertz CT molecular complexity index is 795. The first-order valence-corrected chi connectivity index (χ1v) is 9.10. The van der Waals surface area contributed by atoms with E-state index in [0.29, 0.717) is 5.52 Å². The third-order valence-corrected chi connectivity index (χ3v) is 4.69. The van der Waals surface area contributed by atoms with E-state index in [1.165, 1.54) is 4.40 Å². The molecule has 22 heavy (non-hydrogen) atoms. The van der Waals surface area contributed by atoms with Gasteiger partial charge in [0.15, 0.2) is 5.69 Å². The minimum Gasteiger partial charge on any atom is -0.338 e. The highest BCUT2D eigenvalue weighted by molar-refractivity contribution is 7.90. The summed E-state index contributed by atoms with van der Waals surface area (Å²) >= 11 is 0. The number of pyridine rings is 1. The highest BCUT2D eigenvalue weighted by Crippen LogP contribution is 2.19. The molecule has 0 spiro atoms. The van der Waals surface area contributed by atoms with E-state index in [4.69, 9.17) is 0 Å². The van der Waals surface area contributed by atoms with Crippen molar-refractivity contribution in [2.45, 2.75) is 37.9 Å². The minimum absolute atomic E-state index is 0.0691. The van der Waals surface area contributed by atoms with Crippen LogP contribution in [0.4, 0.5) is 0 Å². The number of carbonyl (C=O) groups excluding carboxylic acids is 1. The van der Waals surface area contributed by atoms with Crippen LogP contribution in [0.5, 0.6) is 0 Å². The van der Waals surface area contributed by atoms with Crippen LogP contribution in [0.2, 0.25) is 0 Å². The molecule has 0 radical (unpaired) electrons. The molecule has 0 aliphatic rings. The number of hydrogen-bond donors (Lipinski definition) is 0. The van der Waals surface area contributed by atoms with Crippen molar-refractivity contribution in [2.24, 2.45) is 0 Å². The fraction of sp³-hybridized carbons (Fsp3) is 0.467. The van der Waals surface area contributed by atoms with Crippen molar-refractivity contribution in [2.75, 3.05) is 13.3 Å². The van der Waals surface area contributed by atoms with Crippen molar-refractivity contribution >= 4 is 21.3 Å². The number of fused-ring (bicyclic) bond motifs is 1. The van der Waals surface area contributed by atoms with Gasteiger partial charge in [0, 0.05) is 25.5 Å². The van der Waals surface area contributed by atoms with Crippen molar-refractivity contribution in [1.29, 1.82) is 0 Å². The number of sulfone groups is 1. The average molecular weight is 323 g/mol. The van der Waals surface area contributed by atoms with Gasteiger partial charge in [-0.15, -0.1) is 0 Å². The van der Waals surface area contributed by atoms with E-state index in [0.717, 1.165) is 19.1 Å². The maximum atomic E-state index is 12.7. The Kier molecular flexibility index (Phi) is 4.55. The van der Waals surface area contributed by atoms with Crippen molar-refractivity contribution in [1.82, 2.24) is 14.3 Å². The molecule has 0 aromatic carbocycles. The summed E-state index contributed by atoms with van der Waals surface area (Å²) in [6.45, 7) is 4.03. The Morgan fingerprint density at radius 2 is 2.09 bits per heavy atom. The largest absolute Gasteiger partial charge is 0.338 e. The summed E-state index contributed by atoms with van der Waals surface area (Å²) in [6, 6.07) is 5.24. The minimum atomic E-state index is -3.52. The maximum absolute atomic E-state index is 12.7. The van der Waals surface area contributed by atoms with E-state index in [1.54, 1.807) is 36.3 Å². The molecule has 0 bridgehead atoms. The number of rotatable bonds is 5. The van der Waals surface area contributed by atoms with Crippen molar-refractivity contribution in [3.8, 4) is 0 Å². The van der Waals surface area contributed by atoms with Gasteiger partial charge in [-0.1, -0.05) is 19.4 Å². The van der Waals surface area contributed by atoms with Crippen LogP contribution in [-0.4, -0.2) is 48.0 Å². The molecule has 0 fully saturated rings. The Morgan fingerprint density at radius 3 is 2.68 bits per heavy atom. The Labute approximate surface area is 130 Å². The van der Waals surface area contributed by atoms with E-state index in [1.807, 2.05) is 6.92 Å². The van der Waals surface area contributed by atoms with Gasteiger partial charge in [-0.05, 0) is 25.5 Å². The van der Waals surface area contributed by atoms with Crippen LogP contribution in [0.25, 0.3) is 5.52 Å². The van der Waals surface area contributed by atoms with Crippen LogP contribution in [0.1, 0.15) is 37.2 Å². The summed E-state index contributed by atoms with van der Waals surface area (Å²) in [5, 5.41) is -0.108. The number of carbonyl (C=O) groups is 1. The molecule has 0 saturated carbocycles. The molecule has 120 valence electrons. The normalized spacial score (nSPS) is 13.3. The first kappa shape index (κ1) is 16.5. The quantitative estimate of drug-likeness (QED) is 0.843. The molecule has 0 unspecified atom stereocenters. The Hall–Kier alpha value is -1.89. The summed E-state index contributed by atoms with van der Waals surface area (Å²) in [5.74, 6) is -0.264. The van der Waals surface area contributed by atoms with Gasteiger partial charge in [0.05, 0.1) is 5.52 Å². The topological polar surface area (TPSA) is 71.8 Å². The molecule has 7 heteroatoms. The molecular weight excluding hydrogens is 302 g/mol. The molecule has 1 amide bonds. The van der Waals surface area contributed by atoms with Gasteiger partial charge < -0.3 is 4.90 Å². The fourth-order valence-corrected chi connectivity index (χ4v) is 3.18. The van der Waals surface area contributed by atoms with Gasteiger partial charge >= 0.3 is 0 Å². The summed E-state index contributed by atoms with van der Waals surface area (Å²) < 4.78 is 25.2. The number of nitrogens with zero attached hydrogens (tertiary/aromatic N) is 3. The molecule has 6 nitrogen and oxygen atoms in total. The van der Waals surface area contributed by atoms with E-state index in [9.17, 15) is 13.2 Å². The van der Waals surface area contributed by atoms with Crippen molar-refractivity contribution in [3.05, 3.63) is 30.1 Å². The van der Waals surface area contributed by atoms with Gasteiger partial charge in [-0.3, -0.25) is 9.20 Å². The van der Waals surface area contributed by atoms with Gasteiger partial charge in [0.2, 0.25) is 15.0 Å². The summed E-state index contributed by atoms with van der Waals surface area (Å²) in [5.41, 5.74) is 0.676. The predicted octanol–water partition coefficient (Wildman–Crippen LogP) is 2.00. The predicted molar refractivity (Wildman–Crippen MR) is 84.8 cm³/mol. The number of aromatic nitrogens is 2. The van der Waals surface area contributed by atoms with E-state index in [2.05, 4.69) is 11.9 Å². The van der Waals surface area contributed by atoms with Crippen LogP contribution >= 0.6 is 0 Å². The lowest BCUT2D eigenvalue weighted by atomic mass is 10.1. The van der Waals surface area contributed by atoms with E-state index in [-0.39, 0.29) is 22.8 Å². The molecule has 2 heterocycles. The average Bonchev–Trinajstić information content (AvgIpc) is 2.85. The monoisotopic (exact) mass is 323 g/mol. The van der Waals surface area contributed by atoms with Crippen LogP contribution in [0.3, 0.4) is 0 Å². The molecule has 0 saturated heterocycles. The molecule has 0 aliphatic heterocycles. The summed E-state index contributed by atoms with van der Waals surface area (Å²) in [6.07, 6.45) is 4.54. The number of amides is 1. The lowest BCUT2D eigenvalue weighted by Crippen LogP contribution is -2.35. The van der Waals surface area contributed by atoms with Crippen molar-refractivity contribution < 1.29 is 13.2 Å². The first-order valence-electron chi connectivity index (χ1n) is 7.21. The van der Waals surface area contributed by atoms with Gasteiger partial charge in [0.25, 0.3) is 5.91 Å². The second-order valence-corrected chi connectivity index (χ2v) is 7.43. The number of hydrogen-bond acceptors (Lipinski definition) is 4.